The Morgan fingerprint density at radius 2 is 2.11 bits per heavy atom. The Labute approximate surface area is 116 Å². The van der Waals surface area contributed by atoms with Crippen LogP contribution in [0.1, 0.15) is 37.7 Å². The molecule has 18 heavy (non-hydrogen) atoms. The van der Waals surface area contributed by atoms with E-state index in [0.29, 0.717) is 4.47 Å². The van der Waals surface area contributed by atoms with Crippen molar-refractivity contribution in [3.8, 4) is 0 Å². The lowest BCUT2D eigenvalue weighted by Crippen LogP contribution is -2.24. The summed E-state index contributed by atoms with van der Waals surface area (Å²) in [5, 5.41) is 0. The van der Waals surface area contributed by atoms with Crippen molar-refractivity contribution in [1.82, 2.24) is 0 Å². The highest BCUT2D eigenvalue weighted by atomic mass is 79.9. The lowest BCUT2D eigenvalue weighted by atomic mass is 9.92. The third-order valence-electron chi connectivity index (χ3n) is 3.42. The molecule has 1 atom stereocenters. The molecule has 2 N–H and O–H groups in total. The van der Waals surface area contributed by atoms with E-state index in [1.807, 2.05) is 6.07 Å². The second kappa shape index (κ2) is 6.48. The van der Waals surface area contributed by atoms with E-state index in [1.165, 1.54) is 37.3 Å². The summed E-state index contributed by atoms with van der Waals surface area (Å²) in [5.74, 6) is -0.211. The normalized spacial score (nSPS) is 17.4. The molecule has 0 amide bonds. The van der Waals surface area contributed by atoms with Crippen LogP contribution in [0, 0.1) is 5.82 Å². The largest absolute Gasteiger partial charge is 0.327 e. The van der Waals surface area contributed by atoms with Crippen molar-refractivity contribution >= 4 is 15.9 Å². The molecule has 1 nitrogen and oxygen atoms in total. The van der Waals surface area contributed by atoms with Crippen molar-refractivity contribution in [2.45, 2.75) is 44.6 Å². The Bertz CT molecular complexity index is 442. The number of rotatable bonds is 4. The van der Waals surface area contributed by atoms with Crippen LogP contribution in [0.2, 0.25) is 0 Å². The molecule has 98 valence electrons. The number of hydrogen-bond acceptors (Lipinski definition) is 1. The van der Waals surface area contributed by atoms with E-state index in [9.17, 15) is 4.39 Å². The van der Waals surface area contributed by atoms with Crippen molar-refractivity contribution in [2.75, 3.05) is 0 Å². The molecule has 0 radical (unpaired) electrons. The van der Waals surface area contributed by atoms with Crippen LogP contribution in [0.4, 0.5) is 4.39 Å². The molecule has 1 aliphatic rings. The molecule has 0 fully saturated rings. The van der Waals surface area contributed by atoms with Gasteiger partial charge >= 0.3 is 0 Å². The summed E-state index contributed by atoms with van der Waals surface area (Å²) < 4.78 is 13.9. The molecular weight excluding hydrogens is 293 g/mol. The maximum absolute atomic E-state index is 13.4. The van der Waals surface area contributed by atoms with Gasteiger partial charge in [0.15, 0.2) is 0 Å². The van der Waals surface area contributed by atoms with Crippen molar-refractivity contribution < 1.29 is 4.39 Å². The molecule has 3 heteroatoms. The molecule has 2 rings (SSSR count). The van der Waals surface area contributed by atoms with E-state index in [4.69, 9.17) is 5.73 Å². The number of hydrogen-bond donors (Lipinski definition) is 1. The van der Waals surface area contributed by atoms with E-state index in [2.05, 4.69) is 22.0 Å². The topological polar surface area (TPSA) is 26.0 Å². The average Bonchev–Trinajstić information content (AvgIpc) is 2.36. The molecule has 1 aromatic rings. The van der Waals surface area contributed by atoms with E-state index in [1.54, 1.807) is 6.07 Å². The van der Waals surface area contributed by atoms with Crippen LogP contribution in [0.3, 0.4) is 0 Å². The van der Waals surface area contributed by atoms with Gasteiger partial charge in [-0.3, -0.25) is 0 Å². The van der Waals surface area contributed by atoms with Gasteiger partial charge in [-0.1, -0.05) is 23.8 Å². The van der Waals surface area contributed by atoms with Gasteiger partial charge in [0.05, 0.1) is 4.47 Å². The molecule has 1 unspecified atom stereocenters. The second-order valence-electron chi connectivity index (χ2n) is 4.99. The SMILES string of the molecule is NC(CC1=CCCCC1)Cc1cccc(F)c1Br. The van der Waals surface area contributed by atoms with Gasteiger partial charge in [0, 0.05) is 6.04 Å². The first-order valence-corrected chi connectivity index (χ1v) is 7.32. The first-order chi connectivity index (χ1) is 8.66. The van der Waals surface area contributed by atoms with Crippen LogP contribution in [0.25, 0.3) is 0 Å². The summed E-state index contributed by atoms with van der Waals surface area (Å²) in [4.78, 5) is 0. The number of allylic oxidation sites excluding steroid dienone is 1. The van der Waals surface area contributed by atoms with Crippen LogP contribution in [0.5, 0.6) is 0 Å². The van der Waals surface area contributed by atoms with Crippen LogP contribution in [-0.2, 0) is 6.42 Å². The van der Waals surface area contributed by atoms with Gasteiger partial charge in [0.1, 0.15) is 5.82 Å². The highest BCUT2D eigenvalue weighted by molar-refractivity contribution is 9.10. The predicted octanol–water partition coefficient (Wildman–Crippen LogP) is 4.35. The van der Waals surface area contributed by atoms with Crippen LogP contribution in [-0.4, -0.2) is 6.04 Å². The van der Waals surface area contributed by atoms with Gasteiger partial charge in [-0.25, -0.2) is 4.39 Å². The summed E-state index contributed by atoms with van der Waals surface area (Å²) in [6, 6.07) is 5.21. The van der Waals surface area contributed by atoms with Crippen LogP contribution < -0.4 is 5.73 Å². The van der Waals surface area contributed by atoms with Crippen molar-refractivity contribution in [2.24, 2.45) is 5.73 Å². The zero-order valence-electron chi connectivity index (χ0n) is 10.5. The molecule has 0 heterocycles. The van der Waals surface area contributed by atoms with Crippen molar-refractivity contribution in [3.05, 3.63) is 45.7 Å². The van der Waals surface area contributed by atoms with Crippen LogP contribution >= 0.6 is 15.9 Å². The molecule has 1 aromatic carbocycles. The fourth-order valence-corrected chi connectivity index (χ4v) is 2.91. The number of nitrogens with two attached hydrogens (primary N) is 1. The number of halogens is 2. The summed E-state index contributed by atoms with van der Waals surface area (Å²) in [5.41, 5.74) is 8.60. The zero-order chi connectivity index (χ0) is 13.0. The molecule has 0 aromatic heterocycles. The minimum atomic E-state index is -0.211. The summed E-state index contributed by atoms with van der Waals surface area (Å²) in [7, 11) is 0. The third kappa shape index (κ3) is 3.66. The van der Waals surface area contributed by atoms with Gasteiger partial charge in [-0.2, -0.15) is 0 Å². The van der Waals surface area contributed by atoms with Crippen molar-refractivity contribution in [3.63, 3.8) is 0 Å². The van der Waals surface area contributed by atoms with E-state index < -0.39 is 0 Å². The van der Waals surface area contributed by atoms with E-state index in [0.717, 1.165) is 18.4 Å². The summed E-state index contributed by atoms with van der Waals surface area (Å²) in [6.07, 6.45) is 8.92. The Morgan fingerprint density at radius 3 is 2.83 bits per heavy atom. The molecule has 0 spiro atoms. The zero-order valence-corrected chi connectivity index (χ0v) is 12.0. The molecular formula is C15H19BrFN. The first kappa shape index (κ1) is 13.8. The van der Waals surface area contributed by atoms with Gasteiger partial charge in [-0.05, 0) is 66.1 Å². The average molecular weight is 312 g/mol. The second-order valence-corrected chi connectivity index (χ2v) is 5.78. The Hall–Kier alpha value is -0.670. The maximum Gasteiger partial charge on any atom is 0.137 e. The quantitative estimate of drug-likeness (QED) is 0.822. The number of benzene rings is 1. The standard InChI is InChI=1S/C15H19BrFN/c16-15-12(7-4-8-14(15)17)10-13(18)9-11-5-2-1-3-6-11/h4-5,7-8,13H,1-3,6,9-10,18H2. The highest BCUT2D eigenvalue weighted by Gasteiger charge is 2.12. The summed E-state index contributed by atoms with van der Waals surface area (Å²) in [6.45, 7) is 0. The van der Waals surface area contributed by atoms with Gasteiger partial charge < -0.3 is 5.73 Å². The Kier molecular flexibility index (Phi) is 4.95. The fraction of sp³-hybridized carbons (Fsp3) is 0.467. The lowest BCUT2D eigenvalue weighted by Gasteiger charge is -2.18. The predicted molar refractivity (Wildman–Crippen MR) is 76.9 cm³/mol. The Balaban J connectivity index is 1.96. The lowest BCUT2D eigenvalue weighted by molar-refractivity contribution is 0.594. The first-order valence-electron chi connectivity index (χ1n) is 6.53. The molecule has 0 aliphatic heterocycles. The fourth-order valence-electron chi connectivity index (χ4n) is 2.49. The van der Waals surface area contributed by atoms with E-state index in [-0.39, 0.29) is 11.9 Å². The monoisotopic (exact) mass is 311 g/mol. The summed E-state index contributed by atoms with van der Waals surface area (Å²) >= 11 is 3.29. The van der Waals surface area contributed by atoms with Gasteiger partial charge in [-0.15, -0.1) is 0 Å². The Morgan fingerprint density at radius 1 is 1.28 bits per heavy atom. The van der Waals surface area contributed by atoms with E-state index >= 15 is 0 Å². The third-order valence-corrected chi connectivity index (χ3v) is 4.31. The van der Waals surface area contributed by atoms with Crippen molar-refractivity contribution in [1.29, 1.82) is 0 Å². The minimum Gasteiger partial charge on any atom is -0.327 e. The van der Waals surface area contributed by atoms with Gasteiger partial charge in [0.2, 0.25) is 0 Å². The van der Waals surface area contributed by atoms with Crippen LogP contribution in [0.15, 0.2) is 34.3 Å². The smallest absolute Gasteiger partial charge is 0.137 e. The molecule has 0 bridgehead atoms. The maximum atomic E-state index is 13.4. The highest BCUT2D eigenvalue weighted by Crippen LogP contribution is 2.25. The molecule has 1 aliphatic carbocycles. The molecule has 0 saturated carbocycles. The van der Waals surface area contributed by atoms with Gasteiger partial charge in [0.25, 0.3) is 0 Å². The minimum absolute atomic E-state index is 0.0763. The molecule has 0 saturated heterocycles.